The van der Waals surface area contributed by atoms with Crippen molar-refractivity contribution in [1.82, 2.24) is 9.80 Å². The van der Waals surface area contributed by atoms with Crippen molar-refractivity contribution >= 4 is 5.71 Å². The zero-order chi connectivity index (χ0) is 24.9. The molecule has 36 heavy (non-hydrogen) atoms. The summed E-state index contributed by atoms with van der Waals surface area (Å²) in [6, 6.07) is 6.17. The van der Waals surface area contributed by atoms with Gasteiger partial charge >= 0.3 is 0 Å². The Morgan fingerprint density at radius 1 is 1.14 bits per heavy atom. The molecule has 0 amide bonds. The van der Waals surface area contributed by atoms with E-state index in [9.17, 15) is 4.39 Å². The van der Waals surface area contributed by atoms with Crippen molar-refractivity contribution in [1.29, 1.82) is 0 Å². The van der Waals surface area contributed by atoms with E-state index in [1.54, 1.807) is 12.1 Å². The van der Waals surface area contributed by atoms with E-state index in [4.69, 9.17) is 14.3 Å². The second-order valence-electron chi connectivity index (χ2n) is 10.9. The van der Waals surface area contributed by atoms with Crippen LogP contribution in [0.2, 0.25) is 0 Å². The Morgan fingerprint density at radius 3 is 2.67 bits per heavy atom. The number of likely N-dealkylation sites (tertiary alicyclic amines) is 1. The summed E-state index contributed by atoms with van der Waals surface area (Å²) < 4.78 is 25.0. The maximum atomic E-state index is 13.2. The van der Waals surface area contributed by atoms with Crippen LogP contribution in [0.4, 0.5) is 4.39 Å². The summed E-state index contributed by atoms with van der Waals surface area (Å²) in [6.07, 6.45) is 12.0. The van der Waals surface area contributed by atoms with Crippen LogP contribution in [0.3, 0.4) is 0 Å². The fourth-order valence-electron chi connectivity index (χ4n) is 5.89. The number of piperidine rings is 1. The highest BCUT2D eigenvalue weighted by atomic mass is 19.1. The molecule has 3 atom stereocenters. The molecule has 1 aromatic carbocycles. The normalized spacial score (nSPS) is 26.9. The lowest BCUT2D eigenvalue weighted by Gasteiger charge is -2.33. The number of fused-ring (bicyclic) bond motifs is 1. The number of nitrogens with zero attached hydrogens (tertiary/aromatic N) is 3. The van der Waals surface area contributed by atoms with Crippen LogP contribution in [0.5, 0.6) is 5.75 Å². The lowest BCUT2D eigenvalue weighted by atomic mass is 9.81. The SMILES string of the molecule is CN(C)CC1=C(COc2ccc(F)cc2)C=CC2C(CCC3CCN(CC4CCCO4)CC3)=NOC12. The van der Waals surface area contributed by atoms with Gasteiger partial charge in [-0.05, 0) is 107 Å². The molecule has 3 unspecified atom stereocenters. The predicted octanol–water partition coefficient (Wildman–Crippen LogP) is 4.67. The van der Waals surface area contributed by atoms with E-state index in [2.05, 4.69) is 41.2 Å². The van der Waals surface area contributed by atoms with Crippen molar-refractivity contribution in [3.8, 4) is 5.75 Å². The van der Waals surface area contributed by atoms with Crippen molar-refractivity contribution in [2.45, 2.75) is 50.7 Å². The van der Waals surface area contributed by atoms with E-state index in [0.29, 0.717) is 18.5 Å². The molecule has 7 heteroatoms. The Labute approximate surface area is 214 Å². The molecule has 1 aliphatic carbocycles. The molecule has 0 aromatic heterocycles. The average molecular weight is 498 g/mol. The van der Waals surface area contributed by atoms with E-state index in [-0.39, 0.29) is 17.8 Å². The van der Waals surface area contributed by atoms with E-state index in [1.807, 2.05) is 0 Å². The van der Waals surface area contributed by atoms with Gasteiger partial charge in [0.15, 0.2) is 6.10 Å². The molecule has 4 aliphatic rings. The standard InChI is InChI=1S/C29H40FN3O3/c1-32(2)19-27-22(20-35-24-9-7-23(30)8-10-24)6-11-26-28(31-36-29(26)27)12-5-21-13-15-33(16-14-21)18-25-4-3-17-34-25/h6-11,21,25-26,29H,3-5,12-20H2,1-2H3. The Hall–Kier alpha value is -2.22. The van der Waals surface area contributed by atoms with Crippen LogP contribution in [-0.4, -0.2) is 81.2 Å². The monoisotopic (exact) mass is 497 g/mol. The molecule has 0 saturated carbocycles. The number of hydrogen-bond acceptors (Lipinski definition) is 6. The molecular formula is C29H40FN3O3. The van der Waals surface area contributed by atoms with Crippen LogP contribution in [0.25, 0.3) is 0 Å². The number of hydrogen-bond donors (Lipinski definition) is 0. The van der Waals surface area contributed by atoms with Gasteiger partial charge < -0.3 is 24.1 Å². The molecule has 196 valence electrons. The quantitative estimate of drug-likeness (QED) is 0.470. The molecule has 0 bridgehead atoms. The van der Waals surface area contributed by atoms with Crippen LogP contribution in [0, 0.1) is 17.7 Å². The highest BCUT2D eigenvalue weighted by Gasteiger charge is 2.38. The number of oxime groups is 1. The fourth-order valence-corrected chi connectivity index (χ4v) is 5.89. The molecule has 2 fully saturated rings. The van der Waals surface area contributed by atoms with Crippen molar-refractivity contribution in [3.63, 3.8) is 0 Å². The Bertz CT molecular complexity index is 960. The van der Waals surface area contributed by atoms with Gasteiger partial charge in [0.05, 0.1) is 17.7 Å². The second-order valence-corrected chi connectivity index (χ2v) is 10.9. The minimum atomic E-state index is -0.261. The summed E-state index contributed by atoms with van der Waals surface area (Å²) in [4.78, 5) is 10.8. The van der Waals surface area contributed by atoms with Crippen LogP contribution < -0.4 is 4.74 Å². The van der Waals surface area contributed by atoms with Gasteiger partial charge in [-0.2, -0.15) is 0 Å². The summed E-state index contributed by atoms with van der Waals surface area (Å²) in [6.45, 7) is 5.64. The Morgan fingerprint density at radius 2 is 1.94 bits per heavy atom. The molecular weight excluding hydrogens is 457 g/mol. The van der Waals surface area contributed by atoms with E-state index in [1.165, 1.54) is 68.6 Å². The number of likely N-dealkylation sites (N-methyl/N-ethyl adjacent to an activating group) is 1. The molecule has 3 aliphatic heterocycles. The van der Waals surface area contributed by atoms with E-state index >= 15 is 0 Å². The van der Waals surface area contributed by atoms with E-state index in [0.717, 1.165) is 37.6 Å². The van der Waals surface area contributed by atoms with Crippen molar-refractivity contribution in [2.24, 2.45) is 17.0 Å². The maximum Gasteiger partial charge on any atom is 0.162 e. The Balaban J connectivity index is 1.13. The summed E-state index contributed by atoms with van der Waals surface area (Å²) in [5.74, 6) is 1.36. The first-order chi connectivity index (χ1) is 17.5. The number of halogens is 1. The van der Waals surface area contributed by atoms with Crippen molar-refractivity contribution in [3.05, 3.63) is 53.4 Å². The van der Waals surface area contributed by atoms with Gasteiger partial charge in [0, 0.05) is 19.7 Å². The highest BCUT2D eigenvalue weighted by molar-refractivity contribution is 5.90. The molecule has 5 rings (SSSR count). The van der Waals surface area contributed by atoms with E-state index < -0.39 is 0 Å². The van der Waals surface area contributed by atoms with Crippen LogP contribution in [0.15, 0.2) is 52.7 Å². The van der Waals surface area contributed by atoms with Gasteiger partial charge in [-0.1, -0.05) is 17.3 Å². The first-order valence-corrected chi connectivity index (χ1v) is 13.5. The van der Waals surface area contributed by atoms with Crippen LogP contribution in [-0.2, 0) is 9.57 Å². The third kappa shape index (κ3) is 6.36. The fraction of sp³-hybridized carbons (Fsp3) is 0.621. The third-order valence-corrected chi connectivity index (χ3v) is 7.95. The third-order valence-electron chi connectivity index (χ3n) is 7.95. The topological polar surface area (TPSA) is 46.5 Å². The predicted molar refractivity (Wildman–Crippen MR) is 140 cm³/mol. The number of rotatable bonds is 10. The number of benzene rings is 1. The molecule has 0 N–H and O–H groups in total. The van der Waals surface area contributed by atoms with Crippen molar-refractivity contribution in [2.75, 3.05) is 53.5 Å². The average Bonchev–Trinajstić information content (AvgIpc) is 3.54. The van der Waals surface area contributed by atoms with Gasteiger partial charge in [-0.25, -0.2) is 4.39 Å². The Kier molecular flexibility index (Phi) is 8.40. The minimum Gasteiger partial charge on any atom is -0.489 e. The summed E-state index contributed by atoms with van der Waals surface area (Å²) >= 11 is 0. The molecule has 6 nitrogen and oxygen atoms in total. The van der Waals surface area contributed by atoms with Crippen LogP contribution >= 0.6 is 0 Å². The lowest BCUT2D eigenvalue weighted by Crippen LogP contribution is -2.39. The minimum absolute atomic E-state index is 0.0625. The van der Waals surface area contributed by atoms with Gasteiger partial charge in [0.25, 0.3) is 0 Å². The second kappa shape index (κ2) is 11.9. The smallest absolute Gasteiger partial charge is 0.162 e. The van der Waals surface area contributed by atoms with Crippen LogP contribution in [0.1, 0.15) is 38.5 Å². The highest BCUT2D eigenvalue weighted by Crippen LogP contribution is 2.35. The molecule has 0 radical (unpaired) electrons. The molecule has 0 spiro atoms. The zero-order valence-electron chi connectivity index (χ0n) is 21.7. The zero-order valence-corrected chi connectivity index (χ0v) is 21.7. The first kappa shape index (κ1) is 25.4. The summed E-state index contributed by atoms with van der Waals surface area (Å²) in [5, 5.41) is 4.57. The molecule has 3 heterocycles. The van der Waals surface area contributed by atoms with Gasteiger partial charge in [0.2, 0.25) is 0 Å². The number of ether oxygens (including phenoxy) is 2. The molecule has 1 aromatic rings. The largest absolute Gasteiger partial charge is 0.489 e. The maximum absolute atomic E-state index is 13.2. The summed E-state index contributed by atoms with van der Waals surface area (Å²) in [5.41, 5.74) is 3.51. The lowest BCUT2D eigenvalue weighted by molar-refractivity contribution is 0.0593. The van der Waals surface area contributed by atoms with Gasteiger partial charge in [-0.3, -0.25) is 0 Å². The summed E-state index contributed by atoms with van der Waals surface area (Å²) in [7, 11) is 4.14. The van der Waals surface area contributed by atoms with Gasteiger partial charge in [0.1, 0.15) is 18.2 Å². The first-order valence-electron chi connectivity index (χ1n) is 13.5. The van der Waals surface area contributed by atoms with Crippen molar-refractivity contribution < 1.29 is 18.7 Å². The van der Waals surface area contributed by atoms with Gasteiger partial charge in [-0.15, -0.1) is 0 Å². The molecule has 2 saturated heterocycles.